The summed E-state index contributed by atoms with van der Waals surface area (Å²) in [5.41, 5.74) is 0. The van der Waals surface area contributed by atoms with Gasteiger partial charge in [-0.25, -0.2) is 0 Å². The van der Waals surface area contributed by atoms with E-state index in [1.165, 1.54) is 0 Å². The monoisotopic (exact) mass is 166 g/mol. The smallest absolute Gasteiger partial charge is 0.483 e. The SMILES string of the molecule is O=CO.O=[S-](=O)O.[K+]. The van der Waals surface area contributed by atoms with Crippen molar-refractivity contribution in [3.8, 4) is 0 Å². The minimum atomic E-state index is -2.86. The number of hydrogen-bond acceptors (Lipinski definition) is 4. The Labute approximate surface area is 90.3 Å². The second-order valence-corrected chi connectivity index (χ2v) is 0.757. The molecule has 0 aliphatic rings. The number of hydrogen-bond donors (Lipinski definition) is 2. The van der Waals surface area contributed by atoms with Gasteiger partial charge >= 0.3 is 51.4 Å². The maximum absolute atomic E-state index is 8.56. The van der Waals surface area contributed by atoms with E-state index < -0.39 is 11.0 Å². The summed E-state index contributed by atoms with van der Waals surface area (Å²) in [5, 5.41) is 6.89. The van der Waals surface area contributed by atoms with Gasteiger partial charge in [0.05, 0.1) is 0 Å². The molecule has 0 spiro atoms. The van der Waals surface area contributed by atoms with Crippen LogP contribution in [0.4, 0.5) is 0 Å². The van der Waals surface area contributed by atoms with Gasteiger partial charge in [0, 0.05) is 11.0 Å². The molecule has 44 valence electrons. The fraction of sp³-hybridized carbons (Fsp3) is 0. The van der Waals surface area contributed by atoms with E-state index in [1.54, 1.807) is 0 Å². The predicted octanol–water partition coefficient (Wildman–Crippen LogP) is -3.53. The van der Waals surface area contributed by atoms with Gasteiger partial charge in [-0.05, 0) is 0 Å². The Balaban J connectivity index is -0.0000000575. The van der Waals surface area contributed by atoms with Crippen molar-refractivity contribution in [2.24, 2.45) is 0 Å². The van der Waals surface area contributed by atoms with Crippen molar-refractivity contribution < 1.29 is 74.3 Å². The maximum atomic E-state index is 8.56. The van der Waals surface area contributed by atoms with Crippen LogP contribution >= 0.6 is 0 Å². The van der Waals surface area contributed by atoms with Crippen LogP contribution in [-0.2, 0) is 24.2 Å². The molecule has 0 unspecified atom stereocenters. The third-order valence-electron chi connectivity index (χ3n) is 0. The Morgan fingerprint density at radius 3 is 1.38 bits per heavy atom. The van der Waals surface area contributed by atoms with Crippen LogP contribution in [0.2, 0.25) is 0 Å². The Bertz CT molecular complexity index is 88.6. The molecule has 2 N–H and O–H groups in total. The molecule has 0 aromatic heterocycles. The Kier molecular flexibility index (Phi) is 31.4. The molecule has 0 saturated carbocycles. The topological polar surface area (TPSA) is 91.7 Å². The van der Waals surface area contributed by atoms with Crippen molar-refractivity contribution in [2.45, 2.75) is 0 Å². The van der Waals surface area contributed by atoms with Crippen LogP contribution in [0.1, 0.15) is 0 Å². The normalized spacial score (nSPS) is 5.75. The summed E-state index contributed by atoms with van der Waals surface area (Å²) < 4.78 is 24.1. The summed E-state index contributed by atoms with van der Waals surface area (Å²) >= 11 is 0. The molecule has 8 heavy (non-hydrogen) atoms. The Hall–Kier alpha value is 1.02. The molecule has 0 amide bonds. The maximum Gasteiger partial charge on any atom is 1.00 e. The summed E-state index contributed by atoms with van der Waals surface area (Å²) in [6.45, 7) is -0.250. The minimum absolute atomic E-state index is 0. The summed E-state index contributed by atoms with van der Waals surface area (Å²) in [4.78, 5) is 8.36. The first-order valence-corrected chi connectivity index (χ1v) is 2.04. The van der Waals surface area contributed by atoms with E-state index in [2.05, 4.69) is 0 Å². The van der Waals surface area contributed by atoms with Gasteiger partial charge in [0.1, 0.15) is 0 Å². The fourth-order valence-corrected chi connectivity index (χ4v) is 0. The molecule has 0 aromatic rings. The molecule has 0 heterocycles. The van der Waals surface area contributed by atoms with Crippen LogP contribution in [0.15, 0.2) is 0 Å². The van der Waals surface area contributed by atoms with E-state index >= 15 is 0 Å². The van der Waals surface area contributed by atoms with Crippen LogP contribution in [-0.4, -0.2) is 16.1 Å². The first-order chi connectivity index (χ1) is 3.15. The van der Waals surface area contributed by atoms with E-state index in [0.29, 0.717) is 0 Å². The molecule has 0 saturated heterocycles. The van der Waals surface area contributed by atoms with Crippen LogP contribution in [0.25, 0.3) is 0 Å². The quantitative estimate of drug-likeness (QED) is 0.128. The largest absolute Gasteiger partial charge is 1.00 e. The minimum Gasteiger partial charge on any atom is -0.483 e. The fourth-order valence-electron chi connectivity index (χ4n) is 0. The summed E-state index contributed by atoms with van der Waals surface area (Å²) in [6, 6.07) is 0. The molecule has 0 aliphatic heterocycles. The molecule has 0 aromatic carbocycles. The van der Waals surface area contributed by atoms with Crippen molar-refractivity contribution >= 4 is 17.5 Å². The number of carboxylic acid groups (broad SMARTS) is 1. The van der Waals surface area contributed by atoms with E-state index in [1.807, 2.05) is 0 Å². The third kappa shape index (κ3) is 246. The average Bonchev–Trinajstić information content (AvgIpc) is 1.33. The molecule has 0 aliphatic carbocycles. The van der Waals surface area contributed by atoms with Gasteiger partial charge in [-0.1, -0.05) is 0 Å². The summed E-state index contributed by atoms with van der Waals surface area (Å²) in [7, 11) is -2.86. The van der Waals surface area contributed by atoms with Gasteiger partial charge in [-0.3, -0.25) is 4.79 Å². The van der Waals surface area contributed by atoms with Crippen molar-refractivity contribution in [3.05, 3.63) is 0 Å². The van der Waals surface area contributed by atoms with E-state index in [4.69, 9.17) is 22.9 Å². The molecule has 0 rings (SSSR count). The van der Waals surface area contributed by atoms with Crippen molar-refractivity contribution in [1.29, 1.82) is 0 Å². The van der Waals surface area contributed by atoms with Gasteiger partial charge in [-0.2, -0.15) is 0 Å². The standard InChI is InChI=1S/CH2O2.K.HO3S/c2-1-3;;1-4(2)3/h1H,(H,2,3);;(H,1,2,3)/q;+1;-1. The van der Waals surface area contributed by atoms with Crippen LogP contribution in [0.3, 0.4) is 0 Å². The van der Waals surface area contributed by atoms with Gasteiger partial charge < -0.3 is 18.1 Å². The summed E-state index contributed by atoms with van der Waals surface area (Å²) in [6.07, 6.45) is 0. The third-order valence-corrected chi connectivity index (χ3v) is 0. The molecular weight excluding hydrogens is 163 g/mol. The molecular formula is CH3KO5S. The number of rotatable bonds is 0. The molecule has 5 nitrogen and oxygen atoms in total. The Morgan fingerprint density at radius 1 is 1.38 bits per heavy atom. The first kappa shape index (κ1) is 16.0. The molecule has 0 atom stereocenters. The zero-order chi connectivity index (χ0) is 6.28. The van der Waals surface area contributed by atoms with E-state index in [9.17, 15) is 0 Å². The van der Waals surface area contributed by atoms with Crippen LogP contribution in [0.5, 0.6) is 0 Å². The van der Waals surface area contributed by atoms with Crippen LogP contribution < -0.4 is 51.4 Å². The molecule has 0 bridgehead atoms. The predicted molar refractivity (Wildman–Crippen MR) is 20.1 cm³/mol. The van der Waals surface area contributed by atoms with Gasteiger partial charge in [0.25, 0.3) is 6.47 Å². The first-order valence-electron chi connectivity index (χ1n) is 1.01. The van der Waals surface area contributed by atoms with Gasteiger partial charge in [-0.15, -0.1) is 0 Å². The molecule has 7 heteroatoms. The summed E-state index contributed by atoms with van der Waals surface area (Å²) in [5.74, 6) is 0. The second-order valence-electron chi connectivity index (χ2n) is 0.323. The van der Waals surface area contributed by atoms with Crippen molar-refractivity contribution in [1.82, 2.24) is 0 Å². The molecule has 0 radical (unpaired) electrons. The Morgan fingerprint density at radius 2 is 1.38 bits per heavy atom. The van der Waals surface area contributed by atoms with Crippen molar-refractivity contribution in [3.63, 3.8) is 0 Å². The second kappa shape index (κ2) is 15.7. The van der Waals surface area contributed by atoms with Gasteiger partial charge in [0.2, 0.25) is 0 Å². The number of carbonyl (C=O) groups is 1. The zero-order valence-corrected chi connectivity index (χ0v) is 8.04. The zero-order valence-electron chi connectivity index (χ0n) is 4.10. The molecule has 0 fully saturated rings. The van der Waals surface area contributed by atoms with Crippen LogP contribution in [0, 0.1) is 0 Å². The van der Waals surface area contributed by atoms with E-state index in [0.717, 1.165) is 0 Å². The average molecular weight is 166 g/mol. The van der Waals surface area contributed by atoms with Gasteiger partial charge in [0.15, 0.2) is 0 Å². The van der Waals surface area contributed by atoms with E-state index in [-0.39, 0.29) is 57.9 Å². The van der Waals surface area contributed by atoms with Crippen molar-refractivity contribution in [2.75, 3.05) is 0 Å².